The molecule has 142 valence electrons. The first-order valence-corrected chi connectivity index (χ1v) is 10.2. The Kier molecular flexibility index (Phi) is 6.32. The molecule has 1 aromatic carbocycles. The zero-order valence-electron chi connectivity index (χ0n) is 15.1. The number of aryl methyl sites for hydroxylation is 1. The van der Waals surface area contributed by atoms with Crippen molar-refractivity contribution in [3.8, 4) is 5.75 Å². The van der Waals surface area contributed by atoms with E-state index in [-0.39, 0.29) is 28.5 Å². The summed E-state index contributed by atoms with van der Waals surface area (Å²) in [7, 11) is -3.81. The van der Waals surface area contributed by atoms with Crippen LogP contribution in [0.4, 0.5) is 5.13 Å². The van der Waals surface area contributed by atoms with Crippen LogP contribution in [-0.4, -0.2) is 37.7 Å². The van der Waals surface area contributed by atoms with Gasteiger partial charge in [0.25, 0.3) is 10.0 Å². The minimum atomic E-state index is -3.81. The minimum Gasteiger partial charge on any atom is -0.492 e. The second-order valence-electron chi connectivity index (χ2n) is 6.59. The van der Waals surface area contributed by atoms with Gasteiger partial charge >= 0.3 is 0 Å². The Labute approximate surface area is 157 Å². The lowest BCUT2D eigenvalue weighted by Crippen LogP contribution is -2.28. The second-order valence-corrected chi connectivity index (χ2v) is 9.51. The number of hydrogen-bond acceptors (Lipinski definition) is 7. The first-order chi connectivity index (χ1) is 12.1. The minimum absolute atomic E-state index is 0.0833. The summed E-state index contributed by atoms with van der Waals surface area (Å²) in [5.74, 6) is 0.437. The van der Waals surface area contributed by atoms with Gasteiger partial charge in [-0.25, -0.2) is 13.1 Å². The number of ether oxygens (including phenoxy) is 1. The van der Waals surface area contributed by atoms with Crippen molar-refractivity contribution in [1.82, 2.24) is 14.9 Å². The maximum atomic E-state index is 12.2. The Balaban J connectivity index is 1.90. The van der Waals surface area contributed by atoms with Crippen LogP contribution in [-0.2, 0) is 14.8 Å². The number of amides is 1. The molecule has 1 aromatic heterocycles. The highest BCUT2D eigenvalue weighted by Crippen LogP contribution is 2.22. The van der Waals surface area contributed by atoms with E-state index in [1.807, 2.05) is 31.2 Å². The second kappa shape index (κ2) is 8.11. The highest BCUT2D eigenvalue weighted by atomic mass is 32.2. The monoisotopic (exact) mass is 398 g/mol. The highest BCUT2D eigenvalue weighted by molar-refractivity contribution is 7.91. The van der Waals surface area contributed by atoms with E-state index in [1.165, 1.54) is 0 Å². The molecule has 1 amide bonds. The van der Waals surface area contributed by atoms with Crippen LogP contribution in [0.1, 0.15) is 26.3 Å². The van der Waals surface area contributed by atoms with Crippen molar-refractivity contribution in [3.63, 3.8) is 0 Å². The number of rotatable bonds is 7. The van der Waals surface area contributed by atoms with Gasteiger partial charge in [-0.1, -0.05) is 50.3 Å². The number of aromatic nitrogens is 2. The Hall–Kier alpha value is -2.04. The quantitative estimate of drug-likeness (QED) is 0.546. The maximum absolute atomic E-state index is 12.2. The van der Waals surface area contributed by atoms with Crippen LogP contribution in [0.3, 0.4) is 0 Å². The van der Waals surface area contributed by atoms with E-state index in [9.17, 15) is 13.2 Å². The van der Waals surface area contributed by atoms with E-state index in [0.717, 1.165) is 16.9 Å². The molecular weight excluding hydrogens is 376 g/mol. The molecule has 2 aromatic rings. The molecule has 0 radical (unpaired) electrons. The molecule has 2 rings (SSSR count). The van der Waals surface area contributed by atoms with Crippen LogP contribution in [0.5, 0.6) is 5.75 Å². The molecule has 0 spiro atoms. The number of anilines is 1. The Morgan fingerprint density at radius 2 is 1.92 bits per heavy atom. The number of nitrogens with zero attached hydrogens (tertiary/aromatic N) is 2. The average molecular weight is 399 g/mol. The zero-order chi connectivity index (χ0) is 19.4. The van der Waals surface area contributed by atoms with Crippen LogP contribution in [0.2, 0.25) is 0 Å². The summed E-state index contributed by atoms with van der Waals surface area (Å²) >= 11 is 0.796. The predicted molar refractivity (Wildman–Crippen MR) is 99.9 cm³/mol. The van der Waals surface area contributed by atoms with Crippen LogP contribution in [0, 0.1) is 12.3 Å². The molecule has 10 heteroatoms. The number of hydrogen-bond donors (Lipinski definition) is 2. The largest absolute Gasteiger partial charge is 0.492 e. The molecule has 0 atom stereocenters. The fourth-order valence-electron chi connectivity index (χ4n) is 1.77. The first-order valence-electron chi connectivity index (χ1n) is 7.92. The summed E-state index contributed by atoms with van der Waals surface area (Å²) in [6.45, 7) is 7.41. The van der Waals surface area contributed by atoms with Crippen molar-refractivity contribution in [3.05, 3.63) is 29.8 Å². The Bertz CT molecular complexity index is 872. The van der Waals surface area contributed by atoms with E-state index < -0.39 is 15.4 Å². The van der Waals surface area contributed by atoms with Crippen molar-refractivity contribution < 1.29 is 17.9 Å². The molecule has 0 saturated heterocycles. The maximum Gasteiger partial charge on any atom is 0.269 e. The number of carbonyl (C=O) groups excluding carboxylic acids is 1. The average Bonchev–Trinajstić information content (AvgIpc) is 3.01. The van der Waals surface area contributed by atoms with Crippen LogP contribution in [0.15, 0.2) is 28.6 Å². The van der Waals surface area contributed by atoms with Crippen molar-refractivity contribution >= 4 is 32.4 Å². The molecule has 0 unspecified atom stereocenters. The van der Waals surface area contributed by atoms with Crippen LogP contribution in [0.25, 0.3) is 0 Å². The number of sulfonamides is 1. The fraction of sp³-hybridized carbons (Fsp3) is 0.438. The van der Waals surface area contributed by atoms with Crippen LogP contribution < -0.4 is 14.8 Å². The van der Waals surface area contributed by atoms with Crippen molar-refractivity contribution in [2.24, 2.45) is 5.41 Å². The number of nitrogens with one attached hydrogen (secondary N) is 2. The Morgan fingerprint density at radius 3 is 2.58 bits per heavy atom. The van der Waals surface area contributed by atoms with Gasteiger partial charge in [-0.3, -0.25) is 4.79 Å². The fourth-order valence-corrected chi connectivity index (χ4v) is 3.72. The molecule has 8 nitrogen and oxygen atoms in total. The number of carbonyl (C=O) groups is 1. The van der Waals surface area contributed by atoms with Gasteiger partial charge in [-0.15, -0.1) is 10.2 Å². The summed E-state index contributed by atoms with van der Waals surface area (Å²) < 4.78 is 32.2. The normalized spacial score (nSPS) is 12.0. The number of para-hydroxylation sites is 1. The third-order valence-corrected chi connectivity index (χ3v) is 5.95. The molecule has 0 aliphatic heterocycles. The smallest absolute Gasteiger partial charge is 0.269 e. The molecular formula is C16H22N4O4S2. The van der Waals surface area contributed by atoms with Crippen molar-refractivity contribution in [2.45, 2.75) is 32.0 Å². The molecule has 0 aliphatic carbocycles. The van der Waals surface area contributed by atoms with Gasteiger partial charge < -0.3 is 10.1 Å². The topological polar surface area (TPSA) is 110 Å². The van der Waals surface area contributed by atoms with Crippen molar-refractivity contribution in [1.29, 1.82) is 0 Å². The summed E-state index contributed by atoms with van der Waals surface area (Å²) in [6.07, 6.45) is 0. The van der Waals surface area contributed by atoms with Gasteiger partial charge in [-0.05, 0) is 18.6 Å². The Morgan fingerprint density at radius 1 is 1.23 bits per heavy atom. The summed E-state index contributed by atoms with van der Waals surface area (Å²) in [6, 6.07) is 7.48. The van der Waals surface area contributed by atoms with Crippen LogP contribution >= 0.6 is 11.3 Å². The number of benzene rings is 1. The highest BCUT2D eigenvalue weighted by Gasteiger charge is 2.25. The van der Waals surface area contributed by atoms with E-state index in [4.69, 9.17) is 4.74 Å². The summed E-state index contributed by atoms with van der Waals surface area (Å²) in [4.78, 5) is 11.9. The third-order valence-electron chi connectivity index (χ3n) is 3.28. The van der Waals surface area contributed by atoms with Gasteiger partial charge in [0.1, 0.15) is 12.4 Å². The first kappa shape index (κ1) is 20.3. The van der Waals surface area contributed by atoms with Gasteiger partial charge in [0.15, 0.2) is 0 Å². The lowest BCUT2D eigenvalue weighted by Gasteiger charge is -2.15. The molecule has 26 heavy (non-hydrogen) atoms. The molecule has 0 aliphatic rings. The van der Waals surface area contributed by atoms with Gasteiger partial charge in [0.05, 0.1) is 0 Å². The lowest BCUT2D eigenvalue weighted by atomic mass is 9.96. The van der Waals surface area contributed by atoms with E-state index in [1.54, 1.807) is 20.8 Å². The molecule has 0 fully saturated rings. The standard InChI is InChI=1S/C16H22N4O4S2/c1-11-7-5-6-8-12(11)24-10-9-17-26(22,23)15-20-19-14(25-15)18-13(21)16(2,3)4/h5-8,17H,9-10H2,1-4H3,(H,18,19,21). The summed E-state index contributed by atoms with van der Waals surface area (Å²) in [5, 5.41) is 10.0. The van der Waals surface area contributed by atoms with Gasteiger partial charge in [0.2, 0.25) is 15.4 Å². The molecule has 0 saturated carbocycles. The summed E-state index contributed by atoms with van der Waals surface area (Å²) in [5.41, 5.74) is 0.356. The van der Waals surface area contributed by atoms with Gasteiger partial charge in [0, 0.05) is 12.0 Å². The van der Waals surface area contributed by atoms with E-state index in [0.29, 0.717) is 5.75 Å². The van der Waals surface area contributed by atoms with E-state index in [2.05, 4.69) is 20.2 Å². The molecule has 0 bridgehead atoms. The van der Waals surface area contributed by atoms with E-state index >= 15 is 0 Å². The lowest BCUT2D eigenvalue weighted by molar-refractivity contribution is -0.123. The SMILES string of the molecule is Cc1ccccc1OCCNS(=O)(=O)c1nnc(NC(=O)C(C)(C)C)s1. The zero-order valence-corrected chi connectivity index (χ0v) is 16.7. The third kappa shape index (κ3) is 5.48. The van der Waals surface area contributed by atoms with Crippen molar-refractivity contribution in [2.75, 3.05) is 18.5 Å². The molecule has 2 N–H and O–H groups in total. The molecule has 1 heterocycles. The predicted octanol–water partition coefficient (Wildman–Crippen LogP) is 2.19. The van der Waals surface area contributed by atoms with Gasteiger partial charge in [-0.2, -0.15) is 0 Å².